The molecule has 54 heavy (non-hydrogen) atoms. The number of rotatable bonds is 17. The van der Waals surface area contributed by atoms with Crippen LogP contribution in [0.25, 0.3) is 0 Å². The fourth-order valence-electron chi connectivity index (χ4n) is 7.76. The second kappa shape index (κ2) is 15.1. The van der Waals surface area contributed by atoms with Crippen molar-refractivity contribution >= 4 is 47.8 Å². The third-order valence-corrected chi connectivity index (χ3v) is 11.1. The molecule has 0 heterocycles. The van der Waals surface area contributed by atoms with Crippen LogP contribution in [-0.4, -0.2) is 103 Å². The summed E-state index contributed by atoms with van der Waals surface area (Å²) in [5.74, 6) is -10.0. The van der Waals surface area contributed by atoms with Gasteiger partial charge in [0.25, 0.3) is 0 Å². The summed E-state index contributed by atoms with van der Waals surface area (Å²) < 4.78 is 42.3. The summed E-state index contributed by atoms with van der Waals surface area (Å²) in [5, 5.41) is 0. The maximum absolute atomic E-state index is 14.9. The van der Waals surface area contributed by atoms with Gasteiger partial charge in [-0.15, -0.1) is 0 Å². The minimum Gasteiger partial charge on any atom is -0.469 e. The normalized spacial score (nSPS) is 24.1. The highest BCUT2D eigenvalue weighted by atomic mass is 16.6. The second-order valence-corrected chi connectivity index (χ2v) is 17.8. The summed E-state index contributed by atoms with van der Waals surface area (Å²) in [6.45, 7) is 15.7. The predicted octanol–water partition coefficient (Wildman–Crippen LogP) is 3.24. The van der Waals surface area contributed by atoms with E-state index in [0.29, 0.717) is 0 Å². The van der Waals surface area contributed by atoms with Crippen molar-refractivity contribution in [3.63, 3.8) is 0 Å². The molecule has 0 aromatic rings. The van der Waals surface area contributed by atoms with Gasteiger partial charge in [-0.25, -0.2) is 0 Å². The molecule has 0 aliphatic heterocycles. The van der Waals surface area contributed by atoms with Crippen LogP contribution in [0, 0.1) is 55.2 Å². The summed E-state index contributed by atoms with van der Waals surface area (Å²) in [5.41, 5.74) is -12.9. The molecule has 0 unspecified atom stereocenters. The zero-order chi connectivity index (χ0) is 42.3. The lowest BCUT2D eigenvalue weighted by atomic mass is 9.73. The Balaban J connectivity index is 2.88. The number of hydrogen-bond acceptors (Lipinski definition) is 16. The van der Waals surface area contributed by atoms with Crippen molar-refractivity contribution in [2.45, 2.75) is 83.1 Å². The van der Waals surface area contributed by atoms with Crippen molar-refractivity contribution in [1.82, 2.24) is 0 Å². The first kappa shape index (κ1) is 45.9. The second-order valence-electron chi connectivity index (χ2n) is 17.8. The number of methoxy groups -OCH3 is 4. The van der Waals surface area contributed by atoms with Crippen molar-refractivity contribution in [3.8, 4) is 0 Å². The SMILES string of the molecule is COC(=O)C(C)(C)COC(=O)[C@H]1C(C)(C)[C@]1(C(=O)OCC(C)(C)C(=O)OC)[C@]1(C(=O)OCC(C)(C)C(=O)OC)[C@@H](C(=O)OCC(C)(C)C(=O)OC)C1(C)C. The van der Waals surface area contributed by atoms with Crippen LogP contribution in [0.1, 0.15) is 83.1 Å². The summed E-state index contributed by atoms with van der Waals surface area (Å²) in [7, 11) is 4.66. The molecule has 4 atom stereocenters. The highest BCUT2D eigenvalue weighted by Gasteiger charge is 3.00. The van der Waals surface area contributed by atoms with Crippen LogP contribution >= 0.6 is 0 Å². The highest BCUT2D eigenvalue weighted by Crippen LogP contribution is 2.90. The maximum Gasteiger partial charge on any atom is 0.314 e. The Labute approximate surface area is 316 Å². The average molecular weight is 771 g/mol. The number of carbonyl (C=O) groups is 8. The lowest BCUT2D eigenvalue weighted by Crippen LogP contribution is -2.47. The molecule has 306 valence electrons. The third-order valence-electron chi connectivity index (χ3n) is 11.1. The Kier molecular flexibility index (Phi) is 12.9. The van der Waals surface area contributed by atoms with Crippen LogP contribution in [-0.2, 0) is 76.3 Å². The van der Waals surface area contributed by atoms with Gasteiger partial charge in [-0.3, -0.25) is 38.4 Å². The van der Waals surface area contributed by atoms with E-state index in [2.05, 4.69) is 0 Å². The molecule has 2 saturated carbocycles. The summed E-state index contributed by atoms with van der Waals surface area (Å²) in [6, 6.07) is 0. The zero-order valence-corrected chi connectivity index (χ0v) is 34.5. The van der Waals surface area contributed by atoms with E-state index in [1.807, 2.05) is 0 Å². The van der Waals surface area contributed by atoms with Crippen LogP contribution in [0.15, 0.2) is 0 Å². The molecule has 0 N–H and O–H groups in total. The van der Waals surface area contributed by atoms with E-state index in [0.717, 1.165) is 14.2 Å². The topological polar surface area (TPSA) is 210 Å². The van der Waals surface area contributed by atoms with E-state index < -0.39 is 129 Å². The van der Waals surface area contributed by atoms with Gasteiger partial charge >= 0.3 is 47.8 Å². The summed E-state index contributed by atoms with van der Waals surface area (Å²) >= 11 is 0. The minimum atomic E-state index is -2.23. The standard InChI is InChI=1S/C38H58O16/c1-31(2,25(41)47-13)17-51-23(39)21-35(9,10)37(21,29(45)53-19-33(5,6)27(43)49-15)38(30(46)54-20-34(7,8)28(44)50-16)22(36(38,11)12)24(40)52-18-32(3,4)26(42)48-14/h21-22H,17-20H2,1-16H3/t21-,22-,37-,38-/m0/s1. The summed E-state index contributed by atoms with van der Waals surface area (Å²) in [6.07, 6.45) is 0. The van der Waals surface area contributed by atoms with E-state index >= 15 is 0 Å². The molecule has 16 nitrogen and oxygen atoms in total. The molecule has 0 spiro atoms. The largest absolute Gasteiger partial charge is 0.469 e. The number of carbonyl (C=O) groups excluding carboxylic acids is 8. The van der Waals surface area contributed by atoms with Gasteiger partial charge in [-0.05, 0) is 66.2 Å². The molecule has 2 aliphatic rings. The van der Waals surface area contributed by atoms with Crippen molar-refractivity contribution in [2.24, 2.45) is 55.2 Å². The van der Waals surface area contributed by atoms with E-state index in [-0.39, 0.29) is 0 Å². The van der Waals surface area contributed by atoms with E-state index in [1.54, 1.807) is 0 Å². The first-order valence-corrected chi connectivity index (χ1v) is 17.4. The molecule has 2 fully saturated rings. The van der Waals surface area contributed by atoms with E-state index in [9.17, 15) is 38.4 Å². The van der Waals surface area contributed by atoms with Gasteiger partial charge < -0.3 is 37.9 Å². The van der Waals surface area contributed by atoms with Crippen molar-refractivity contribution in [1.29, 1.82) is 0 Å². The van der Waals surface area contributed by atoms with Gasteiger partial charge in [-0.1, -0.05) is 27.7 Å². The molecule has 0 aromatic heterocycles. The number of esters is 8. The molecule has 2 aliphatic carbocycles. The van der Waals surface area contributed by atoms with E-state index in [1.165, 1.54) is 97.3 Å². The van der Waals surface area contributed by atoms with Crippen molar-refractivity contribution in [2.75, 3.05) is 54.9 Å². The molecular formula is C38H58O16. The quantitative estimate of drug-likeness (QED) is 0.154. The van der Waals surface area contributed by atoms with Gasteiger partial charge in [0.15, 0.2) is 0 Å². The van der Waals surface area contributed by atoms with Gasteiger partial charge in [0, 0.05) is 0 Å². The summed E-state index contributed by atoms with van der Waals surface area (Å²) in [4.78, 5) is 108. The lowest BCUT2D eigenvalue weighted by molar-refractivity contribution is -0.180. The van der Waals surface area contributed by atoms with Gasteiger partial charge in [0.05, 0.1) is 61.9 Å². The first-order valence-electron chi connectivity index (χ1n) is 17.4. The molecule has 16 heteroatoms. The fraction of sp³-hybridized carbons (Fsp3) is 0.789. The number of ether oxygens (including phenoxy) is 8. The first-order chi connectivity index (χ1) is 24.4. The Morgan fingerprint density at radius 3 is 0.815 bits per heavy atom. The predicted molar refractivity (Wildman–Crippen MR) is 186 cm³/mol. The Morgan fingerprint density at radius 1 is 0.407 bits per heavy atom. The van der Waals surface area contributed by atoms with Crippen LogP contribution in [0.3, 0.4) is 0 Å². The molecule has 0 bridgehead atoms. The molecule has 0 radical (unpaired) electrons. The smallest absolute Gasteiger partial charge is 0.314 e. The highest BCUT2D eigenvalue weighted by molar-refractivity contribution is 6.06. The zero-order valence-electron chi connectivity index (χ0n) is 34.5. The molecule has 0 amide bonds. The van der Waals surface area contributed by atoms with E-state index in [4.69, 9.17) is 37.9 Å². The van der Waals surface area contributed by atoms with Gasteiger partial charge in [0.2, 0.25) is 0 Å². The minimum absolute atomic E-state index is 0.478. The molecular weight excluding hydrogens is 712 g/mol. The number of hydrogen-bond donors (Lipinski definition) is 0. The van der Waals surface area contributed by atoms with Crippen molar-refractivity contribution < 1.29 is 76.3 Å². The maximum atomic E-state index is 14.9. The lowest BCUT2D eigenvalue weighted by Gasteiger charge is -2.33. The average Bonchev–Trinajstić information content (AvgIpc) is 3.85. The van der Waals surface area contributed by atoms with Crippen LogP contribution in [0.4, 0.5) is 0 Å². The Hall–Kier alpha value is -4.24. The Bertz CT molecular complexity index is 1440. The van der Waals surface area contributed by atoms with Crippen LogP contribution < -0.4 is 0 Å². The van der Waals surface area contributed by atoms with Crippen LogP contribution in [0.5, 0.6) is 0 Å². The third kappa shape index (κ3) is 7.40. The van der Waals surface area contributed by atoms with Crippen molar-refractivity contribution in [3.05, 3.63) is 0 Å². The Morgan fingerprint density at radius 2 is 0.611 bits per heavy atom. The van der Waals surface area contributed by atoms with Gasteiger partial charge in [-0.2, -0.15) is 0 Å². The molecule has 2 rings (SSSR count). The molecule has 0 aromatic carbocycles. The van der Waals surface area contributed by atoms with Gasteiger partial charge in [0.1, 0.15) is 37.3 Å². The fourth-order valence-corrected chi connectivity index (χ4v) is 7.76. The molecule has 0 saturated heterocycles. The monoisotopic (exact) mass is 770 g/mol. The van der Waals surface area contributed by atoms with Crippen LogP contribution in [0.2, 0.25) is 0 Å².